The van der Waals surface area contributed by atoms with E-state index in [0.29, 0.717) is 11.3 Å². The minimum absolute atomic E-state index is 0.0215. The highest BCUT2D eigenvalue weighted by Gasteiger charge is 2.35. The van der Waals surface area contributed by atoms with Gasteiger partial charge in [-0.05, 0) is 70.0 Å². The lowest BCUT2D eigenvalue weighted by Crippen LogP contribution is -2.50. The van der Waals surface area contributed by atoms with E-state index < -0.39 is 11.7 Å². The molecule has 1 unspecified atom stereocenters. The standard InChI is InChI=1S/C22H26ClF3N2O/c1-21(2,3)28-10-4-5-17(13-28)29-16-8-6-14(7-9-16)20-18(22(24,25)26)11-15(27)12-19(20)23/h6-9,11-12,17H,4-5,10,13,27H2,1-3H3. The zero-order valence-corrected chi connectivity index (χ0v) is 17.6. The molecular weight excluding hydrogens is 401 g/mol. The zero-order chi connectivity index (χ0) is 21.4. The molecule has 3 rings (SSSR count). The van der Waals surface area contributed by atoms with Gasteiger partial charge in [0.05, 0.1) is 10.6 Å². The highest BCUT2D eigenvalue weighted by molar-refractivity contribution is 6.33. The van der Waals surface area contributed by atoms with Crippen LogP contribution >= 0.6 is 11.6 Å². The molecule has 1 fully saturated rings. The largest absolute Gasteiger partial charge is 0.489 e. The summed E-state index contributed by atoms with van der Waals surface area (Å²) >= 11 is 6.11. The van der Waals surface area contributed by atoms with Crippen LogP contribution in [0.4, 0.5) is 18.9 Å². The molecule has 0 radical (unpaired) electrons. The summed E-state index contributed by atoms with van der Waals surface area (Å²) in [6.07, 6.45) is -2.49. The summed E-state index contributed by atoms with van der Waals surface area (Å²) in [5.41, 5.74) is 5.07. The highest BCUT2D eigenvalue weighted by Crippen LogP contribution is 2.42. The molecule has 0 aliphatic carbocycles. The van der Waals surface area contributed by atoms with Crippen LogP contribution in [0.15, 0.2) is 36.4 Å². The van der Waals surface area contributed by atoms with Crippen molar-refractivity contribution in [2.24, 2.45) is 0 Å². The fourth-order valence-electron chi connectivity index (χ4n) is 3.68. The minimum atomic E-state index is -4.55. The van der Waals surface area contributed by atoms with Gasteiger partial charge in [-0.2, -0.15) is 13.2 Å². The molecule has 7 heteroatoms. The molecule has 1 atom stereocenters. The summed E-state index contributed by atoms with van der Waals surface area (Å²) in [5, 5.41) is -0.0286. The van der Waals surface area contributed by atoms with Crippen molar-refractivity contribution in [3.63, 3.8) is 0 Å². The first-order valence-corrected chi connectivity index (χ1v) is 10.0. The molecular formula is C22H26ClF3N2O. The van der Waals surface area contributed by atoms with E-state index in [9.17, 15) is 13.2 Å². The van der Waals surface area contributed by atoms with Gasteiger partial charge in [0.15, 0.2) is 0 Å². The van der Waals surface area contributed by atoms with Crippen LogP contribution in [0.2, 0.25) is 5.02 Å². The van der Waals surface area contributed by atoms with E-state index in [1.54, 1.807) is 24.3 Å². The van der Waals surface area contributed by atoms with Crippen LogP contribution in [-0.2, 0) is 6.18 Å². The van der Waals surface area contributed by atoms with Crippen molar-refractivity contribution < 1.29 is 17.9 Å². The number of likely N-dealkylation sites (tertiary alicyclic amines) is 1. The second-order valence-electron chi connectivity index (χ2n) is 8.45. The molecule has 0 saturated carbocycles. The maximum absolute atomic E-state index is 13.5. The van der Waals surface area contributed by atoms with Crippen LogP contribution in [-0.4, -0.2) is 29.6 Å². The Morgan fingerprint density at radius 2 is 1.76 bits per heavy atom. The molecule has 0 spiro atoms. The van der Waals surface area contributed by atoms with E-state index in [-0.39, 0.29) is 27.9 Å². The Bertz CT molecular complexity index is 860. The van der Waals surface area contributed by atoms with E-state index in [0.717, 1.165) is 32.0 Å². The van der Waals surface area contributed by atoms with Gasteiger partial charge in [0, 0.05) is 23.3 Å². The third-order valence-electron chi connectivity index (χ3n) is 5.19. The Balaban J connectivity index is 1.81. The molecule has 2 aromatic carbocycles. The van der Waals surface area contributed by atoms with Crippen molar-refractivity contribution in [1.82, 2.24) is 4.90 Å². The lowest BCUT2D eigenvalue weighted by atomic mass is 9.98. The van der Waals surface area contributed by atoms with Gasteiger partial charge in [-0.15, -0.1) is 0 Å². The number of hydrogen-bond donors (Lipinski definition) is 1. The number of halogens is 4. The van der Waals surface area contributed by atoms with Gasteiger partial charge < -0.3 is 10.5 Å². The van der Waals surface area contributed by atoms with Crippen molar-refractivity contribution >= 4 is 17.3 Å². The predicted octanol–water partition coefficient (Wildman–Crippen LogP) is 6.25. The maximum atomic E-state index is 13.5. The van der Waals surface area contributed by atoms with Gasteiger partial charge >= 0.3 is 6.18 Å². The molecule has 0 bridgehead atoms. The molecule has 3 nitrogen and oxygen atoms in total. The number of piperidine rings is 1. The van der Waals surface area contributed by atoms with Crippen LogP contribution in [0, 0.1) is 0 Å². The van der Waals surface area contributed by atoms with Gasteiger partial charge in [0.25, 0.3) is 0 Å². The molecule has 1 heterocycles. The Labute approximate surface area is 174 Å². The molecule has 1 aliphatic heterocycles. The average molecular weight is 427 g/mol. The fraction of sp³-hybridized carbons (Fsp3) is 0.455. The summed E-state index contributed by atoms with van der Waals surface area (Å²) in [7, 11) is 0. The number of hydrogen-bond acceptors (Lipinski definition) is 3. The SMILES string of the molecule is CC(C)(C)N1CCCC(Oc2ccc(-c3c(Cl)cc(N)cc3C(F)(F)F)cc2)C1. The number of alkyl halides is 3. The van der Waals surface area contributed by atoms with Crippen molar-refractivity contribution in [3.8, 4) is 16.9 Å². The Hall–Kier alpha value is -1.92. The number of nitrogens with zero attached hydrogens (tertiary/aromatic N) is 1. The fourth-order valence-corrected chi connectivity index (χ4v) is 4.02. The first-order chi connectivity index (χ1) is 13.4. The number of benzene rings is 2. The molecule has 29 heavy (non-hydrogen) atoms. The van der Waals surface area contributed by atoms with Crippen LogP contribution in [0.25, 0.3) is 11.1 Å². The van der Waals surface area contributed by atoms with Crippen LogP contribution < -0.4 is 10.5 Å². The summed E-state index contributed by atoms with van der Waals surface area (Å²) in [4.78, 5) is 2.39. The Morgan fingerprint density at radius 1 is 1.10 bits per heavy atom. The molecule has 1 saturated heterocycles. The van der Waals surface area contributed by atoms with Crippen molar-refractivity contribution in [2.75, 3.05) is 18.8 Å². The van der Waals surface area contributed by atoms with E-state index in [1.165, 1.54) is 6.07 Å². The normalized spacial score (nSPS) is 18.7. The third kappa shape index (κ3) is 5.17. The highest BCUT2D eigenvalue weighted by atomic mass is 35.5. The topological polar surface area (TPSA) is 38.5 Å². The van der Waals surface area contributed by atoms with Crippen molar-refractivity contribution in [2.45, 2.75) is 51.4 Å². The monoisotopic (exact) mass is 426 g/mol. The lowest BCUT2D eigenvalue weighted by molar-refractivity contribution is -0.137. The number of nitrogens with two attached hydrogens (primary N) is 1. The summed E-state index contributed by atoms with van der Waals surface area (Å²) < 4.78 is 46.5. The van der Waals surface area contributed by atoms with Crippen LogP contribution in [0.1, 0.15) is 39.2 Å². The average Bonchev–Trinajstić information content (AvgIpc) is 2.61. The lowest BCUT2D eigenvalue weighted by Gasteiger charge is -2.41. The zero-order valence-electron chi connectivity index (χ0n) is 16.8. The minimum Gasteiger partial charge on any atom is -0.489 e. The second kappa shape index (κ2) is 8.07. The third-order valence-corrected chi connectivity index (χ3v) is 5.49. The predicted molar refractivity (Wildman–Crippen MR) is 111 cm³/mol. The van der Waals surface area contributed by atoms with Gasteiger partial charge in [-0.25, -0.2) is 0 Å². The van der Waals surface area contributed by atoms with Gasteiger partial charge in [0.2, 0.25) is 0 Å². The number of ether oxygens (including phenoxy) is 1. The number of anilines is 1. The molecule has 0 aromatic heterocycles. The second-order valence-corrected chi connectivity index (χ2v) is 8.85. The Kier molecular flexibility index (Phi) is 6.06. The molecule has 2 N–H and O–H groups in total. The summed E-state index contributed by atoms with van der Waals surface area (Å²) in [5.74, 6) is 0.634. The molecule has 158 valence electrons. The smallest absolute Gasteiger partial charge is 0.417 e. The Morgan fingerprint density at radius 3 is 2.34 bits per heavy atom. The molecule has 0 amide bonds. The van der Waals surface area contributed by atoms with Gasteiger partial charge in [-0.1, -0.05) is 23.7 Å². The van der Waals surface area contributed by atoms with Gasteiger partial charge in [0.1, 0.15) is 11.9 Å². The number of nitrogen functional groups attached to an aromatic ring is 1. The molecule has 1 aliphatic rings. The first-order valence-electron chi connectivity index (χ1n) is 9.63. The van der Waals surface area contributed by atoms with Crippen molar-refractivity contribution in [1.29, 1.82) is 0 Å². The first kappa shape index (κ1) is 21.8. The maximum Gasteiger partial charge on any atom is 0.417 e. The van der Waals surface area contributed by atoms with E-state index in [2.05, 4.69) is 25.7 Å². The van der Waals surface area contributed by atoms with E-state index >= 15 is 0 Å². The summed E-state index contributed by atoms with van der Waals surface area (Å²) in [6.45, 7) is 8.40. The van der Waals surface area contributed by atoms with Gasteiger partial charge in [-0.3, -0.25) is 4.90 Å². The van der Waals surface area contributed by atoms with Crippen molar-refractivity contribution in [3.05, 3.63) is 47.0 Å². The van der Waals surface area contributed by atoms with Crippen LogP contribution in [0.3, 0.4) is 0 Å². The van der Waals surface area contributed by atoms with E-state index in [4.69, 9.17) is 22.1 Å². The summed E-state index contributed by atoms with van der Waals surface area (Å²) in [6, 6.07) is 8.84. The number of rotatable bonds is 3. The quantitative estimate of drug-likeness (QED) is 0.589. The van der Waals surface area contributed by atoms with Crippen LogP contribution in [0.5, 0.6) is 5.75 Å². The molecule has 2 aromatic rings. The van der Waals surface area contributed by atoms with E-state index in [1.807, 2.05) is 0 Å².